The maximum Gasteiger partial charge on any atom is 0.335 e. The van der Waals surface area contributed by atoms with Crippen molar-refractivity contribution in [3.63, 3.8) is 0 Å². The largest absolute Gasteiger partial charge is 0.493 e. The standard InChI is InChI=1S/C38H38Cl2FN3O6/c1-48-32-10-9-23(16-33(32)49-2)28(17-29-30(39)19-42-20-31(29)40)35-25(6-4-8-27(35)37(45)46)18-43-36(24-5-3-7-26(41)15-24)38(47)50-34-21-44-13-11-22(34)12-14-44/h3-10,15-16,19-20,22,28,34,36,43H,11-14,17-18,21H2,1-2H3,(H,45,46)/t28-,34-,36?/m0/s1. The molecule has 4 aromatic rings. The van der Waals surface area contributed by atoms with Crippen LogP contribution in [0.1, 0.15) is 63.0 Å². The molecule has 0 saturated carbocycles. The van der Waals surface area contributed by atoms with Crippen molar-refractivity contribution < 1.29 is 33.3 Å². The normalized spacial score (nSPS) is 19.4. The van der Waals surface area contributed by atoms with Gasteiger partial charge in [0.05, 0.1) is 29.8 Å². The Bertz CT molecular complexity index is 1850. The average molecular weight is 723 g/mol. The molecule has 7 rings (SSSR count). The molecule has 2 N–H and O–H groups in total. The van der Waals surface area contributed by atoms with Crippen LogP contribution in [-0.4, -0.2) is 66.9 Å². The molecule has 1 unspecified atom stereocenters. The number of pyridine rings is 1. The van der Waals surface area contributed by atoms with Crippen LogP contribution in [0.25, 0.3) is 0 Å². The molecule has 1 aromatic heterocycles. The second-order valence-corrected chi connectivity index (χ2v) is 13.4. The number of nitrogens with zero attached hydrogens (tertiary/aromatic N) is 2. The van der Waals surface area contributed by atoms with Gasteiger partial charge >= 0.3 is 11.9 Å². The number of ether oxygens (including phenoxy) is 3. The van der Waals surface area contributed by atoms with E-state index in [0.717, 1.165) is 25.9 Å². The maximum atomic E-state index is 14.5. The van der Waals surface area contributed by atoms with E-state index in [-0.39, 0.29) is 30.6 Å². The average Bonchev–Trinajstić information content (AvgIpc) is 3.12. The number of rotatable bonds is 13. The number of carboxylic acid groups (broad SMARTS) is 1. The molecule has 3 fully saturated rings. The van der Waals surface area contributed by atoms with Gasteiger partial charge in [0.2, 0.25) is 0 Å². The number of halogens is 3. The fourth-order valence-corrected chi connectivity index (χ4v) is 7.67. The van der Waals surface area contributed by atoms with Gasteiger partial charge in [0, 0.05) is 31.4 Å². The van der Waals surface area contributed by atoms with Crippen LogP contribution in [0.3, 0.4) is 0 Å². The van der Waals surface area contributed by atoms with Crippen LogP contribution in [0.5, 0.6) is 11.5 Å². The number of nitrogens with one attached hydrogen (secondary N) is 1. The first kappa shape index (κ1) is 35.6. The van der Waals surface area contributed by atoms with E-state index in [9.17, 15) is 19.1 Å². The van der Waals surface area contributed by atoms with Crippen LogP contribution in [0.15, 0.2) is 73.1 Å². The second-order valence-electron chi connectivity index (χ2n) is 12.6. The zero-order valence-corrected chi connectivity index (χ0v) is 29.2. The topological polar surface area (TPSA) is 110 Å². The lowest BCUT2D eigenvalue weighted by Crippen LogP contribution is -2.52. The minimum atomic E-state index is -1.14. The molecule has 0 aliphatic carbocycles. The van der Waals surface area contributed by atoms with Crippen molar-refractivity contribution >= 4 is 35.1 Å². The monoisotopic (exact) mass is 721 g/mol. The lowest BCUT2D eigenvalue weighted by Gasteiger charge is -2.44. The molecule has 3 aromatic carbocycles. The highest BCUT2D eigenvalue weighted by Crippen LogP contribution is 2.40. The Morgan fingerprint density at radius 2 is 1.70 bits per heavy atom. The van der Waals surface area contributed by atoms with Gasteiger partial charge in [-0.05, 0) is 96.4 Å². The summed E-state index contributed by atoms with van der Waals surface area (Å²) in [6.45, 7) is 2.70. The molecule has 0 spiro atoms. The van der Waals surface area contributed by atoms with Gasteiger partial charge in [-0.1, -0.05) is 53.5 Å². The highest BCUT2D eigenvalue weighted by atomic mass is 35.5. The summed E-state index contributed by atoms with van der Waals surface area (Å²) in [5, 5.41) is 14.5. The van der Waals surface area contributed by atoms with Gasteiger partial charge in [-0.25, -0.2) is 14.0 Å². The summed E-state index contributed by atoms with van der Waals surface area (Å²) in [7, 11) is 3.06. The number of aromatic nitrogens is 1. The van der Waals surface area contributed by atoms with Crippen LogP contribution < -0.4 is 14.8 Å². The SMILES string of the molecule is COc1ccc([C@H](Cc2c(Cl)cncc2Cl)c2c(CNC(C(=O)O[C@H]3CN4CCC3CC4)c3cccc(F)c3)cccc2C(=O)O)cc1OC. The van der Waals surface area contributed by atoms with Gasteiger partial charge in [-0.15, -0.1) is 0 Å². The number of esters is 1. The minimum Gasteiger partial charge on any atom is -0.493 e. The molecule has 3 saturated heterocycles. The Kier molecular flexibility index (Phi) is 11.2. The number of carboxylic acids is 1. The second kappa shape index (κ2) is 15.8. The highest BCUT2D eigenvalue weighted by molar-refractivity contribution is 6.35. The molecule has 262 valence electrons. The quantitative estimate of drug-likeness (QED) is 0.140. The number of methoxy groups -OCH3 is 2. The highest BCUT2D eigenvalue weighted by Gasteiger charge is 2.38. The smallest absolute Gasteiger partial charge is 0.335 e. The molecule has 3 aliphatic rings. The summed E-state index contributed by atoms with van der Waals surface area (Å²) in [6, 6.07) is 15.2. The zero-order chi connectivity index (χ0) is 35.4. The van der Waals surface area contributed by atoms with E-state index in [1.807, 2.05) is 6.07 Å². The number of carbonyl (C=O) groups is 2. The lowest BCUT2D eigenvalue weighted by atomic mass is 9.80. The molecule has 0 radical (unpaired) electrons. The van der Waals surface area contributed by atoms with Crippen molar-refractivity contribution in [3.8, 4) is 11.5 Å². The van der Waals surface area contributed by atoms with Crippen LogP contribution in [0, 0.1) is 11.7 Å². The predicted octanol–water partition coefficient (Wildman–Crippen LogP) is 7.09. The Morgan fingerprint density at radius 1 is 0.980 bits per heavy atom. The van der Waals surface area contributed by atoms with Gasteiger partial charge in [0.25, 0.3) is 0 Å². The van der Waals surface area contributed by atoms with Gasteiger partial charge in [-0.3, -0.25) is 15.2 Å². The number of piperidine rings is 3. The first-order chi connectivity index (χ1) is 24.2. The van der Waals surface area contributed by atoms with Gasteiger partial charge in [-0.2, -0.15) is 0 Å². The molecule has 4 heterocycles. The summed E-state index contributed by atoms with van der Waals surface area (Å²) in [5.74, 6) is -1.51. The van der Waals surface area contributed by atoms with Crippen molar-refractivity contribution in [2.75, 3.05) is 33.9 Å². The summed E-state index contributed by atoms with van der Waals surface area (Å²) in [4.78, 5) is 33.1. The van der Waals surface area contributed by atoms with E-state index in [2.05, 4.69) is 15.2 Å². The number of hydrogen-bond donors (Lipinski definition) is 2. The van der Waals surface area contributed by atoms with Crippen LogP contribution in [0.4, 0.5) is 4.39 Å². The molecule has 9 nitrogen and oxygen atoms in total. The van der Waals surface area contributed by atoms with E-state index < -0.39 is 29.7 Å². The minimum absolute atomic E-state index is 0.0502. The lowest BCUT2D eigenvalue weighted by molar-refractivity contribution is -0.161. The van der Waals surface area contributed by atoms with E-state index >= 15 is 0 Å². The zero-order valence-electron chi connectivity index (χ0n) is 27.7. The fourth-order valence-electron chi connectivity index (χ4n) is 7.16. The van der Waals surface area contributed by atoms with Crippen LogP contribution >= 0.6 is 23.2 Å². The number of hydrogen-bond acceptors (Lipinski definition) is 8. The van der Waals surface area contributed by atoms with E-state index in [0.29, 0.717) is 55.9 Å². The molecule has 3 atom stereocenters. The molecule has 2 bridgehead atoms. The van der Waals surface area contributed by atoms with E-state index in [1.165, 1.54) is 44.8 Å². The van der Waals surface area contributed by atoms with E-state index in [4.69, 9.17) is 37.4 Å². The predicted molar refractivity (Wildman–Crippen MR) is 188 cm³/mol. The third-order valence-electron chi connectivity index (χ3n) is 9.72. The summed E-state index contributed by atoms with van der Waals surface area (Å²) in [6.07, 6.45) is 4.86. The third-order valence-corrected chi connectivity index (χ3v) is 10.4. The molecule has 3 aliphatic heterocycles. The van der Waals surface area contributed by atoms with Crippen LogP contribution in [0.2, 0.25) is 10.0 Å². The van der Waals surface area contributed by atoms with Crippen molar-refractivity contribution in [3.05, 3.63) is 122 Å². The summed E-state index contributed by atoms with van der Waals surface area (Å²) in [5.41, 5.74) is 2.84. The van der Waals surface area contributed by atoms with Crippen molar-refractivity contribution in [1.29, 1.82) is 0 Å². The first-order valence-corrected chi connectivity index (χ1v) is 17.2. The summed E-state index contributed by atoms with van der Waals surface area (Å²) >= 11 is 13.2. The molecular formula is C38H38Cl2FN3O6. The number of benzene rings is 3. The Labute approximate surface area is 300 Å². The van der Waals surface area contributed by atoms with Gasteiger partial charge in [0.1, 0.15) is 18.0 Å². The maximum absolute atomic E-state index is 14.5. The van der Waals surface area contributed by atoms with Crippen molar-refractivity contribution in [2.45, 2.75) is 43.9 Å². The molecule has 50 heavy (non-hydrogen) atoms. The third kappa shape index (κ3) is 7.73. The first-order valence-electron chi connectivity index (χ1n) is 16.4. The Morgan fingerprint density at radius 3 is 2.34 bits per heavy atom. The van der Waals surface area contributed by atoms with Gasteiger partial charge in [0.15, 0.2) is 11.5 Å². The molecule has 12 heteroatoms. The van der Waals surface area contributed by atoms with Gasteiger partial charge < -0.3 is 19.3 Å². The summed E-state index contributed by atoms with van der Waals surface area (Å²) < 4.78 is 31.7. The van der Waals surface area contributed by atoms with Crippen molar-refractivity contribution in [1.82, 2.24) is 15.2 Å². The number of fused-ring (bicyclic) bond motifs is 3. The number of carbonyl (C=O) groups excluding carboxylic acids is 1. The molecule has 0 amide bonds. The van der Waals surface area contributed by atoms with E-state index in [1.54, 1.807) is 36.4 Å². The number of aromatic carboxylic acids is 1. The van der Waals surface area contributed by atoms with Crippen LogP contribution in [-0.2, 0) is 22.5 Å². The van der Waals surface area contributed by atoms with Crippen molar-refractivity contribution in [2.24, 2.45) is 5.92 Å². The fraction of sp³-hybridized carbons (Fsp3) is 0.342. The Balaban J connectivity index is 1.41. The molecular weight excluding hydrogens is 684 g/mol. The Hall–Kier alpha value is -4.22.